The van der Waals surface area contributed by atoms with Gasteiger partial charge in [0.05, 0.1) is 0 Å². The number of carbonyl (C=O) groups excluding carboxylic acids is 2. The lowest BCUT2D eigenvalue weighted by Crippen LogP contribution is -2.36. The van der Waals surface area contributed by atoms with Gasteiger partial charge >= 0.3 is 0 Å². The quantitative estimate of drug-likeness (QED) is 0.735. The molecule has 1 fully saturated rings. The molecule has 6 nitrogen and oxygen atoms in total. The number of hydrogen-bond acceptors (Lipinski definition) is 4. The first-order valence-corrected chi connectivity index (χ1v) is 9.19. The van der Waals surface area contributed by atoms with Crippen LogP contribution in [0.3, 0.4) is 0 Å². The molecule has 1 aliphatic carbocycles. The van der Waals surface area contributed by atoms with Gasteiger partial charge in [0.15, 0.2) is 0 Å². The molecule has 0 bridgehead atoms. The molecule has 2 rings (SSSR count). The van der Waals surface area contributed by atoms with E-state index in [2.05, 4.69) is 19.2 Å². The second kappa shape index (κ2) is 9.03. The van der Waals surface area contributed by atoms with Crippen LogP contribution < -0.4 is 10.2 Å². The van der Waals surface area contributed by atoms with Crippen molar-refractivity contribution in [2.45, 2.75) is 33.2 Å². The molecule has 0 aromatic heterocycles. The average Bonchev–Trinajstić information content (AvgIpc) is 3.39. The molecule has 2 amide bonds. The Morgan fingerprint density at radius 2 is 1.96 bits per heavy atom. The summed E-state index contributed by atoms with van der Waals surface area (Å²) in [5, 5.41) is 2.99. The van der Waals surface area contributed by atoms with E-state index in [1.165, 1.54) is 7.11 Å². The average molecular weight is 361 g/mol. The first-order valence-electron chi connectivity index (χ1n) is 9.19. The predicted molar refractivity (Wildman–Crippen MR) is 104 cm³/mol. The third-order valence-corrected chi connectivity index (χ3v) is 4.34. The first-order chi connectivity index (χ1) is 12.3. The van der Waals surface area contributed by atoms with Crippen LogP contribution in [0.25, 0.3) is 0 Å². The minimum atomic E-state index is -0.0293. The highest BCUT2D eigenvalue weighted by atomic mass is 16.5. The maximum Gasteiger partial charge on any atom is 0.248 e. The second-order valence-electron chi connectivity index (χ2n) is 7.60. The molecular formula is C20H31N3O3. The number of nitrogens with zero attached hydrogens (tertiary/aromatic N) is 2. The zero-order chi connectivity index (χ0) is 19.3. The van der Waals surface area contributed by atoms with Gasteiger partial charge in [0.2, 0.25) is 11.8 Å². The molecule has 0 spiro atoms. The minimum Gasteiger partial charge on any atom is -0.377 e. The molecule has 0 radical (unpaired) electrons. The van der Waals surface area contributed by atoms with E-state index in [1.807, 2.05) is 42.1 Å². The zero-order valence-corrected chi connectivity index (χ0v) is 16.5. The summed E-state index contributed by atoms with van der Waals surface area (Å²) in [6.45, 7) is 5.40. The highest BCUT2D eigenvalue weighted by molar-refractivity contribution is 5.94. The molecule has 1 aliphatic rings. The SMILES string of the molecule is COCC(=O)N(Cc1cc(NC(=O)C2CC2)ccc1N(C)C)CC(C)C. The van der Waals surface area contributed by atoms with Crippen molar-refractivity contribution < 1.29 is 14.3 Å². The third kappa shape index (κ3) is 5.73. The number of ether oxygens (including phenoxy) is 1. The van der Waals surface area contributed by atoms with E-state index in [0.29, 0.717) is 19.0 Å². The van der Waals surface area contributed by atoms with Crippen LogP contribution in [-0.2, 0) is 20.9 Å². The van der Waals surface area contributed by atoms with E-state index in [9.17, 15) is 9.59 Å². The number of nitrogens with one attached hydrogen (secondary N) is 1. The van der Waals surface area contributed by atoms with Gasteiger partial charge in [0.1, 0.15) is 6.61 Å². The van der Waals surface area contributed by atoms with Crippen molar-refractivity contribution in [1.29, 1.82) is 0 Å². The van der Waals surface area contributed by atoms with Crippen molar-refractivity contribution in [1.82, 2.24) is 4.90 Å². The summed E-state index contributed by atoms with van der Waals surface area (Å²) < 4.78 is 5.03. The number of methoxy groups -OCH3 is 1. The van der Waals surface area contributed by atoms with Gasteiger partial charge in [-0.2, -0.15) is 0 Å². The topological polar surface area (TPSA) is 61.9 Å². The Morgan fingerprint density at radius 1 is 1.27 bits per heavy atom. The maximum atomic E-state index is 12.4. The molecule has 1 N–H and O–H groups in total. The molecule has 144 valence electrons. The van der Waals surface area contributed by atoms with E-state index in [0.717, 1.165) is 29.8 Å². The molecule has 26 heavy (non-hydrogen) atoms. The summed E-state index contributed by atoms with van der Waals surface area (Å²) in [4.78, 5) is 28.4. The fraction of sp³-hybridized carbons (Fsp3) is 0.600. The van der Waals surface area contributed by atoms with Gasteiger partial charge in [-0.05, 0) is 42.5 Å². The zero-order valence-electron chi connectivity index (χ0n) is 16.5. The number of benzene rings is 1. The maximum absolute atomic E-state index is 12.4. The van der Waals surface area contributed by atoms with Crippen LogP contribution in [0.15, 0.2) is 18.2 Å². The van der Waals surface area contributed by atoms with Gasteiger partial charge in [0.25, 0.3) is 0 Å². The summed E-state index contributed by atoms with van der Waals surface area (Å²) >= 11 is 0. The van der Waals surface area contributed by atoms with E-state index in [1.54, 1.807) is 0 Å². The molecule has 0 unspecified atom stereocenters. The number of amides is 2. The van der Waals surface area contributed by atoms with Crippen LogP contribution in [0.1, 0.15) is 32.3 Å². The number of rotatable bonds is 9. The van der Waals surface area contributed by atoms with Crippen molar-refractivity contribution >= 4 is 23.2 Å². The van der Waals surface area contributed by atoms with Gasteiger partial charge in [-0.25, -0.2) is 0 Å². The van der Waals surface area contributed by atoms with Crippen molar-refractivity contribution in [3.8, 4) is 0 Å². The number of anilines is 2. The van der Waals surface area contributed by atoms with E-state index in [4.69, 9.17) is 4.74 Å². The lowest BCUT2D eigenvalue weighted by Gasteiger charge is -2.27. The van der Waals surface area contributed by atoms with Gasteiger partial charge in [-0.3, -0.25) is 9.59 Å². The lowest BCUT2D eigenvalue weighted by atomic mass is 10.1. The largest absolute Gasteiger partial charge is 0.377 e. The van der Waals surface area contributed by atoms with Gasteiger partial charge < -0.3 is 19.9 Å². The Bertz CT molecular complexity index is 639. The molecule has 1 aromatic rings. The fourth-order valence-electron chi connectivity index (χ4n) is 2.93. The molecule has 0 atom stereocenters. The molecule has 0 aliphatic heterocycles. The summed E-state index contributed by atoms with van der Waals surface area (Å²) in [5.74, 6) is 0.574. The van der Waals surface area contributed by atoms with Crippen molar-refractivity contribution in [3.05, 3.63) is 23.8 Å². The van der Waals surface area contributed by atoms with Crippen molar-refractivity contribution in [2.75, 3.05) is 44.6 Å². The fourth-order valence-corrected chi connectivity index (χ4v) is 2.93. The van der Waals surface area contributed by atoms with Crippen LogP contribution in [0.5, 0.6) is 0 Å². The molecule has 1 saturated carbocycles. The highest BCUT2D eigenvalue weighted by Crippen LogP contribution is 2.31. The molecule has 0 saturated heterocycles. The van der Waals surface area contributed by atoms with Crippen LogP contribution >= 0.6 is 0 Å². The molecular weight excluding hydrogens is 330 g/mol. The highest BCUT2D eigenvalue weighted by Gasteiger charge is 2.29. The molecule has 1 aromatic carbocycles. The van der Waals surface area contributed by atoms with Crippen LogP contribution in [0.2, 0.25) is 0 Å². The number of carbonyl (C=O) groups is 2. The third-order valence-electron chi connectivity index (χ3n) is 4.34. The Kier molecular flexibility index (Phi) is 7.03. The second-order valence-corrected chi connectivity index (χ2v) is 7.60. The summed E-state index contributed by atoms with van der Waals surface area (Å²) in [7, 11) is 5.49. The lowest BCUT2D eigenvalue weighted by molar-refractivity contribution is -0.136. The minimum absolute atomic E-state index is 0.0293. The van der Waals surface area contributed by atoms with Crippen molar-refractivity contribution in [3.63, 3.8) is 0 Å². The standard InChI is InChI=1S/C20H31N3O3/c1-14(2)11-23(19(24)13-26-5)12-16-10-17(8-9-18(16)22(3)4)21-20(25)15-6-7-15/h8-10,14-15H,6-7,11-13H2,1-5H3,(H,21,25). The predicted octanol–water partition coefficient (Wildman–Crippen LogP) is 2.73. The molecule has 0 heterocycles. The summed E-state index contributed by atoms with van der Waals surface area (Å²) in [6.07, 6.45) is 1.95. The van der Waals surface area contributed by atoms with Crippen LogP contribution in [-0.4, -0.2) is 51.1 Å². The van der Waals surface area contributed by atoms with Gasteiger partial charge in [-0.1, -0.05) is 13.8 Å². The normalized spacial score (nSPS) is 13.6. The van der Waals surface area contributed by atoms with Gasteiger partial charge in [0, 0.05) is 51.6 Å². The summed E-state index contributed by atoms with van der Waals surface area (Å²) in [5.41, 5.74) is 2.83. The summed E-state index contributed by atoms with van der Waals surface area (Å²) in [6, 6.07) is 5.89. The van der Waals surface area contributed by atoms with Crippen molar-refractivity contribution in [2.24, 2.45) is 11.8 Å². The molecule has 6 heteroatoms. The van der Waals surface area contributed by atoms with E-state index >= 15 is 0 Å². The van der Waals surface area contributed by atoms with Gasteiger partial charge in [-0.15, -0.1) is 0 Å². The van der Waals surface area contributed by atoms with E-state index < -0.39 is 0 Å². The van der Waals surface area contributed by atoms with E-state index in [-0.39, 0.29) is 24.3 Å². The Balaban J connectivity index is 2.23. The smallest absolute Gasteiger partial charge is 0.248 e. The first kappa shape index (κ1) is 20.2. The Labute approximate surface area is 156 Å². The van der Waals surface area contributed by atoms with Crippen LogP contribution in [0.4, 0.5) is 11.4 Å². The monoisotopic (exact) mass is 361 g/mol. The Morgan fingerprint density at radius 3 is 2.50 bits per heavy atom. The Hall–Kier alpha value is -2.08. The number of hydrogen-bond donors (Lipinski definition) is 1. The van der Waals surface area contributed by atoms with Crippen LogP contribution in [0, 0.1) is 11.8 Å².